The smallest absolute Gasteiger partial charge is 0.367 e. The van der Waals surface area contributed by atoms with Crippen molar-refractivity contribution in [2.75, 3.05) is 6.61 Å². The SMILES string of the molecule is CC(C)(C)NS(=O)(=O)c1ccc(C(=O)NCc2ccc(COCC(F)(F)F)cc2)cc1. The summed E-state index contributed by atoms with van der Waals surface area (Å²) in [4.78, 5) is 12.4. The van der Waals surface area contributed by atoms with Crippen molar-refractivity contribution in [3.05, 3.63) is 65.2 Å². The molecule has 0 saturated heterocycles. The molecule has 1 amide bonds. The van der Waals surface area contributed by atoms with Crippen LogP contribution in [-0.4, -0.2) is 32.6 Å². The summed E-state index contributed by atoms with van der Waals surface area (Å²) in [6, 6.07) is 12.2. The van der Waals surface area contributed by atoms with E-state index in [1.807, 2.05) is 0 Å². The first-order chi connectivity index (χ1) is 14.3. The zero-order valence-electron chi connectivity index (χ0n) is 17.4. The second-order valence-electron chi connectivity index (χ2n) is 7.99. The molecule has 31 heavy (non-hydrogen) atoms. The number of amides is 1. The Bertz CT molecular complexity index is 981. The Morgan fingerprint density at radius 3 is 2.00 bits per heavy atom. The Hall–Kier alpha value is -2.43. The largest absolute Gasteiger partial charge is 0.411 e. The first-order valence-corrected chi connectivity index (χ1v) is 10.9. The molecule has 2 aromatic rings. The molecule has 0 spiro atoms. The highest BCUT2D eigenvalue weighted by Crippen LogP contribution is 2.16. The molecule has 2 aromatic carbocycles. The zero-order chi connectivity index (χ0) is 23.3. The Morgan fingerprint density at radius 1 is 0.935 bits per heavy atom. The number of halogens is 3. The van der Waals surface area contributed by atoms with Gasteiger partial charge < -0.3 is 10.1 Å². The third-order valence-corrected chi connectivity index (χ3v) is 5.65. The van der Waals surface area contributed by atoms with Crippen LogP contribution in [-0.2, 0) is 27.9 Å². The predicted octanol–water partition coefficient (Wildman–Crippen LogP) is 3.77. The van der Waals surface area contributed by atoms with Gasteiger partial charge in [0.15, 0.2) is 0 Å². The Kier molecular flexibility index (Phi) is 7.85. The average Bonchev–Trinajstić information content (AvgIpc) is 2.64. The molecule has 0 atom stereocenters. The summed E-state index contributed by atoms with van der Waals surface area (Å²) in [5.41, 5.74) is 1.00. The first-order valence-electron chi connectivity index (χ1n) is 9.40. The van der Waals surface area contributed by atoms with E-state index in [0.29, 0.717) is 11.1 Å². The summed E-state index contributed by atoms with van der Waals surface area (Å²) < 4.78 is 68.0. The highest BCUT2D eigenvalue weighted by atomic mass is 32.2. The molecule has 0 aromatic heterocycles. The molecule has 0 aliphatic rings. The average molecular weight is 459 g/mol. The molecular weight excluding hydrogens is 433 g/mol. The van der Waals surface area contributed by atoms with Crippen molar-refractivity contribution in [1.82, 2.24) is 10.0 Å². The fourth-order valence-electron chi connectivity index (χ4n) is 2.57. The van der Waals surface area contributed by atoms with Crippen LogP contribution in [0.3, 0.4) is 0 Å². The van der Waals surface area contributed by atoms with Gasteiger partial charge in [0.05, 0.1) is 11.5 Å². The van der Waals surface area contributed by atoms with E-state index in [9.17, 15) is 26.4 Å². The maximum absolute atomic E-state index is 12.3. The van der Waals surface area contributed by atoms with Crippen molar-refractivity contribution in [3.8, 4) is 0 Å². The highest BCUT2D eigenvalue weighted by molar-refractivity contribution is 7.89. The summed E-state index contributed by atoms with van der Waals surface area (Å²) in [6.45, 7) is 3.92. The van der Waals surface area contributed by atoms with Gasteiger partial charge in [0.2, 0.25) is 10.0 Å². The van der Waals surface area contributed by atoms with Crippen LogP contribution in [0.25, 0.3) is 0 Å². The van der Waals surface area contributed by atoms with Gasteiger partial charge in [-0.1, -0.05) is 24.3 Å². The number of ether oxygens (including phenoxy) is 1. The van der Waals surface area contributed by atoms with Crippen LogP contribution in [0.5, 0.6) is 0 Å². The van der Waals surface area contributed by atoms with Gasteiger partial charge in [-0.05, 0) is 56.2 Å². The van der Waals surface area contributed by atoms with Crippen LogP contribution < -0.4 is 10.0 Å². The van der Waals surface area contributed by atoms with E-state index in [0.717, 1.165) is 5.56 Å². The maximum Gasteiger partial charge on any atom is 0.411 e. The number of carbonyl (C=O) groups is 1. The minimum absolute atomic E-state index is 0.0577. The quantitative estimate of drug-likeness (QED) is 0.631. The summed E-state index contributed by atoms with van der Waals surface area (Å²) in [6.07, 6.45) is -4.37. The van der Waals surface area contributed by atoms with Crippen LogP contribution in [0.2, 0.25) is 0 Å². The topological polar surface area (TPSA) is 84.5 Å². The molecule has 0 radical (unpaired) electrons. The molecule has 2 N–H and O–H groups in total. The van der Waals surface area contributed by atoms with Crippen LogP contribution in [0.1, 0.15) is 42.3 Å². The monoisotopic (exact) mass is 458 g/mol. The minimum Gasteiger partial charge on any atom is -0.367 e. The lowest BCUT2D eigenvalue weighted by Gasteiger charge is -2.20. The Morgan fingerprint density at radius 2 is 1.48 bits per heavy atom. The molecule has 0 aliphatic heterocycles. The lowest BCUT2D eigenvalue weighted by Crippen LogP contribution is -2.40. The fraction of sp³-hybridized carbons (Fsp3) is 0.381. The molecule has 6 nitrogen and oxygen atoms in total. The zero-order valence-corrected chi connectivity index (χ0v) is 18.2. The molecule has 0 bridgehead atoms. The third kappa shape index (κ3) is 8.68. The van der Waals surface area contributed by atoms with Crippen molar-refractivity contribution in [1.29, 1.82) is 0 Å². The molecule has 0 unspecified atom stereocenters. The number of sulfonamides is 1. The summed E-state index contributed by atoms with van der Waals surface area (Å²) in [5, 5.41) is 2.71. The van der Waals surface area contributed by atoms with Crippen molar-refractivity contribution in [3.63, 3.8) is 0 Å². The van der Waals surface area contributed by atoms with Crippen LogP contribution in [0, 0.1) is 0 Å². The second kappa shape index (κ2) is 9.80. The lowest BCUT2D eigenvalue weighted by atomic mass is 10.1. The van der Waals surface area contributed by atoms with Crippen molar-refractivity contribution >= 4 is 15.9 Å². The number of alkyl halides is 3. The van der Waals surface area contributed by atoms with E-state index in [-0.39, 0.29) is 24.0 Å². The molecule has 2 rings (SSSR count). The number of hydrogen-bond acceptors (Lipinski definition) is 4. The van der Waals surface area contributed by atoms with Crippen molar-refractivity contribution in [2.24, 2.45) is 0 Å². The Labute approximate surface area is 179 Å². The normalized spacial score (nSPS) is 12.6. The molecule has 170 valence electrons. The van der Waals surface area contributed by atoms with E-state index < -0.39 is 28.3 Å². The number of benzene rings is 2. The number of carbonyl (C=O) groups excluding carboxylic acids is 1. The number of nitrogens with one attached hydrogen (secondary N) is 2. The van der Waals surface area contributed by atoms with Gasteiger partial charge in [0, 0.05) is 17.6 Å². The van der Waals surface area contributed by atoms with E-state index in [1.54, 1.807) is 45.0 Å². The molecular formula is C21H25F3N2O4S. The fourth-order valence-corrected chi connectivity index (χ4v) is 3.99. The van der Waals surface area contributed by atoms with Gasteiger partial charge in [-0.3, -0.25) is 4.79 Å². The minimum atomic E-state index is -4.37. The standard InChI is InChI=1S/C21H25F3N2O4S/c1-20(2,3)26-31(28,29)18-10-8-17(9-11-18)19(27)25-12-15-4-6-16(7-5-15)13-30-14-21(22,23)24/h4-11,26H,12-14H2,1-3H3,(H,25,27). The van der Waals surface area contributed by atoms with Crippen LogP contribution >= 0.6 is 0 Å². The van der Waals surface area contributed by atoms with E-state index >= 15 is 0 Å². The van der Waals surface area contributed by atoms with Gasteiger partial charge in [-0.15, -0.1) is 0 Å². The predicted molar refractivity (Wildman–Crippen MR) is 110 cm³/mol. The summed E-state index contributed by atoms with van der Waals surface area (Å²) in [7, 11) is -3.69. The van der Waals surface area contributed by atoms with Crippen molar-refractivity contribution in [2.45, 2.75) is 50.5 Å². The number of rotatable bonds is 8. The molecule has 0 aliphatic carbocycles. The highest BCUT2D eigenvalue weighted by Gasteiger charge is 2.27. The Balaban J connectivity index is 1.90. The van der Waals surface area contributed by atoms with E-state index in [2.05, 4.69) is 14.8 Å². The van der Waals surface area contributed by atoms with Crippen molar-refractivity contribution < 1.29 is 31.1 Å². The van der Waals surface area contributed by atoms with Gasteiger partial charge in [-0.25, -0.2) is 13.1 Å². The number of hydrogen-bond donors (Lipinski definition) is 2. The first kappa shape index (κ1) is 24.8. The molecule has 10 heteroatoms. The van der Waals surface area contributed by atoms with E-state index in [4.69, 9.17) is 0 Å². The second-order valence-corrected chi connectivity index (χ2v) is 9.67. The molecule has 0 fully saturated rings. The van der Waals surface area contributed by atoms with Gasteiger partial charge in [0.25, 0.3) is 5.91 Å². The summed E-state index contributed by atoms with van der Waals surface area (Å²) >= 11 is 0. The van der Waals surface area contributed by atoms with E-state index in [1.165, 1.54) is 24.3 Å². The van der Waals surface area contributed by atoms with Crippen LogP contribution in [0.4, 0.5) is 13.2 Å². The third-order valence-electron chi connectivity index (χ3n) is 3.88. The van der Waals surface area contributed by atoms with Gasteiger partial charge in [-0.2, -0.15) is 13.2 Å². The maximum atomic E-state index is 12.3. The summed E-state index contributed by atoms with van der Waals surface area (Å²) in [5.74, 6) is -0.384. The molecule has 0 saturated carbocycles. The lowest BCUT2D eigenvalue weighted by molar-refractivity contribution is -0.176. The van der Waals surface area contributed by atoms with Gasteiger partial charge in [0.1, 0.15) is 6.61 Å². The van der Waals surface area contributed by atoms with Gasteiger partial charge >= 0.3 is 6.18 Å². The van der Waals surface area contributed by atoms with Crippen LogP contribution in [0.15, 0.2) is 53.4 Å². The molecule has 0 heterocycles.